The SMILES string of the molecule is CN(C)C(=O)COc1ccc(NC(=O)c2ccc(S(=O)(=O)NC3CCS(=O)(=O)C3)cc2)cc1. The van der Waals surface area contributed by atoms with Crippen molar-refractivity contribution in [1.82, 2.24) is 9.62 Å². The van der Waals surface area contributed by atoms with Gasteiger partial charge in [0, 0.05) is 31.4 Å². The summed E-state index contributed by atoms with van der Waals surface area (Å²) in [6.07, 6.45) is 0.234. The van der Waals surface area contributed by atoms with Crippen molar-refractivity contribution in [3.05, 3.63) is 54.1 Å². The van der Waals surface area contributed by atoms with Gasteiger partial charge in [-0.1, -0.05) is 0 Å². The first-order valence-corrected chi connectivity index (χ1v) is 13.3. The molecule has 1 heterocycles. The lowest BCUT2D eigenvalue weighted by Gasteiger charge is -2.12. The molecule has 0 spiro atoms. The van der Waals surface area contributed by atoms with Gasteiger partial charge in [-0.2, -0.15) is 0 Å². The van der Waals surface area contributed by atoms with Crippen molar-refractivity contribution >= 4 is 37.4 Å². The first kappa shape index (κ1) is 24.7. The minimum Gasteiger partial charge on any atom is -0.484 e. The van der Waals surface area contributed by atoms with Crippen molar-refractivity contribution in [2.24, 2.45) is 0 Å². The second kappa shape index (κ2) is 9.89. The highest BCUT2D eigenvalue weighted by Crippen LogP contribution is 2.19. The minimum atomic E-state index is -3.90. The fourth-order valence-electron chi connectivity index (χ4n) is 3.07. The maximum absolute atomic E-state index is 12.5. The molecule has 1 atom stereocenters. The normalized spacial score (nSPS) is 17.3. The molecule has 0 saturated carbocycles. The Kier molecular flexibility index (Phi) is 7.40. The van der Waals surface area contributed by atoms with Crippen LogP contribution in [0.2, 0.25) is 0 Å². The Balaban J connectivity index is 1.58. The highest BCUT2D eigenvalue weighted by atomic mass is 32.2. The van der Waals surface area contributed by atoms with E-state index in [4.69, 9.17) is 4.74 Å². The second-order valence-electron chi connectivity index (χ2n) is 7.80. The number of nitrogens with zero attached hydrogens (tertiary/aromatic N) is 1. The Morgan fingerprint density at radius 1 is 1.06 bits per heavy atom. The molecule has 0 aliphatic carbocycles. The molecule has 1 saturated heterocycles. The van der Waals surface area contributed by atoms with Gasteiger partial charge in [-0.25, -0.2) is 21.6 Å². The smallest absolute Gasteiger partial charge is 0.259 e. The zero-order chi connectivity index (χ0) is 24.2. The van der Waals surface area contributed by atoms with Crippen LogP contribution >= 0.6 is 0 Å². The van der Waals surface area contributed by atoms with Crippen LogP contribution in [-0.2, 0) is 24.7 Å². The van der Waals surface area contributed by atoms with E-state index in [-0.39, 0.29) is 40.9 Å². The van der Waals surface area contributed by atoms with Crippen LogP contribution in [0.25, 0.3) is 0 Å². The number of sulfonamides is 1. The van der Waals surface area contributed by atoms with E-state index >= 15 is 0 Å². The first-order valence-electron chi connectivity index (χ1n) is 10.0. The van der Waals surface area contributed by atoms with Gasteiger partial charge < -0.3 is 15.0 Å². The minimum absolute atomic E-state index is 0.0411. The van der Waals surface area contributed by atoms with E-state index < -0.39 is 31.8 Å². The van der Waals surface area contributed by atoms with E-state index in [2.05, 4.69) is 10.0 Å². The summed E-state index contributed by atoms with van der Waals surface area (Å²) in [4.78, 5) is 25.4. The van der Waals surface area contributed by atoms with E-state index in [1.54, 1.807) is 38.4 Å². The average molecular weight is 496 g/mol. The number of amides is 2. The summed E-state index contributed by atoms with van der Waals surface area (Å²) in [6.45, 7) is -0.0978. The van der Waals surface area contributed by atoms with Crippen LogP contribution in [0.1, 0.15) is 16.8 Å². The average Bonchev–Trinajstić information content (AvgIpc) is 3.10. The Labute approximate surface area is 192 Å². The predicted molar refractivity (Wildman–Crippen MR) is 122 cm³/mol. The third-order valence-electron chi connectivity index (χ3n) is 4.95. The number of rotatable bonds is 8. The van der Waals surface area contributed by atoms with Crippen LogP contribution in [-0.4, -0.2) is 71.8 Å². The first-order chi connectivity index (χ1) is 15.4. The fourth-order valence-corrected chi connectivity index (χ4v) is 6.12. The highest BCUT2D eigenvalue weighted by molar-refractivity contribution is 7.92. The fraction of sp³-hybridized carbons (Fsp3) is 0.333. The summed E-state index contributed by atoms with van der Waals surface area (Å²) in [5.74, 6) is -0.407. The maximum atomic E-state index is 12.5. The van der Waals surface area contributed by atoms with E-state index in [0.29, 0.717) is 11.4 Å². The van der Waals surface area contributed by atoms with E-state index in [0.717, 1.165) is 0 Å². The summed E-state index contributed by atoms with van der Waals surface area (Å²) in [5.41, 5.74) is 0.737. The topological polar surface area (TPSA) is 139 Å². The van der Waals surface area contributed by atoms with Crippen LogP contribution < -0.4 is 14.8 Å². The van der Waals surface area contributed by atoms with E-state index in [1.165, 1.54) is 29.2 Å². The molecule has 0 bridgehead atoms. The number of carbonyl (C=O) groups is 2. The van der Waals surface area contributed by atoms with Crippen LogP contribution in [0.3, 0.4) is 0 Å². The van der Waals surface area contributed by atoms with Gasteiger partial charge >= 0.3 is 0 Å². The number of hydrogen-bond acceptors (Lipinski definition) is 7. The number of benzene rings is 2. The lowest BCUT2D eigenvalue weighted by molar-refractivity contribution is -0.130. The number of likely N-dealkylation sites (N-methyl/N-ethyl adjacent to an activating group) is 1. The van der Waals surface area contributed by atoms with Crippen molar-refractivity contribution in [3.63, 3.8) is 0 Å². The number of sulfone groups is 1. The van der Waals surface area contributed by atoms with Crippen molar-refractivity contribution in [1.29, 1.82) is 0 Å². The van der Waals surface area contributed by atoms with Gasteiger partial charge in [-0.3, -0.25) is 9.59 Å². The van der Waals surface area contributed by atoms with Gasteiger partial charge in [0.2, 0.25) is 10.0 Å². The lowest BCUT2D eigenvalue weighted by atomic mass is 10.2. The summed E-state index contributed by atoms with van der Waals surface area (Å²) < 4.78 is 55.8. The van der Waals surface area contributed by atoms with Crippen LogP contribution in [0.5, 0.6) is 5.75 Å². The molecule has 1 unspecified atom stereocenters. The van der Waals surface area contributed by atoms with Gasteiger partial charge in [0.1, 0.15) is 5.75 Å². The predicted octanol–water partition coefficient (Wildman–Crippen LogP) is 0.871. The molecular formula is C21H25N3O7S2. The Morgan fingerprint density at radius 3 is 2.24 bits per heavy atom. The number of hydrogen-bond donors (Lipinski definition) is 2. The van der Waals surface area contributed by atoms with Crippen LogP contribution in [0.15, 0.2) is 53.4 Å². The second-order valence-corrected chi connectivity index (χ2v) is 11.7. The zero-order valence-corrected chi connectivity index (χ0v) is 19.8. The molecule has 1 aliphatic heterocycles. The molecule has 12 heteroatoms. The zero-order valence-electron chi connectivity index (χ0n) is 18.1. The van der Waals surface area contributed by atoms with Crippen molar-refractivity contribution in [3.8, 4) is 5.75 Å². The molecule has 0 radical (unpaired) electrons. The van der Waals surface area contributed by atoms with Gasteiger partial charge in [0.05, 0.1) is 16.4 Å². The van der Waals surface area contributed by atoms with E-state index in [9.17, 15) is 26.4 Å². The Morgan fingerprint density at radius 2 is 1.70 bits per heavy atom. The summed E-state index contributed by atoms with van der Waals surface area (Å²) >= 11 is 0. The molecule has 2 amide bonds. The lowest BCUT2D eigenvalue weighted by Crippen LogP contribution is -2.35. The molecule has 0 aromatic heterocycles. The largest absolute Gasteiger partial charge is 0.484 e. The number of ether oxygens (including phenoxy) is 1. The summed E-state index contributed by atoms with van der Waals surface area (Å²) in [5, 5.41) is 2.69. The molecule has 2 aromatic carbocycles. The van der Waals surface area contributed by atoms with Crippen LogP contribution in [0, 0.1) is 0 Å². The van der Waals surface area contributed by atoms with E-state index in [1.807, 2.05) is 0 Å². The van der Waals surface area contributed by atoms with Gasteiger partial charge in [-0.15, -0.1) is 0 Å². The molecule has 33 heavy (non-hydrogen) atoms. The number of anilines is 1. The number of carbonyl (C=O) groups excluding carboxylic acids is 2. The standard InChI is InChI=1S/C21H25N3O7S2/c1-24(2)20(25)13-31-18-7-5-16(6-8-18)22-21(26)15-3-9-19(10-4-15)33(29,30)23-17-11-12-32(27,28)14-17/h3-10,17,23H,11-14H2,1-2H3,(H,22,26). The Hall–Kier alpha value is -2.96. The molecule has 2 N–H and O–H groups in total. The molecule has 1 fully saturated rings. The van der Waals surface area contributed by atoms with Gasteiger partial charge in [-0.05, 0) is 55.0 Å². The van der Waals surface area contributed by atoms with Crippen molar-refractivity contribution in [2.75, 3.05) is 37.5 Å². The molecule has 1 aliphatic rings. The van der Waals surface area contributed by atoms with Crippen LogP contribution in [0.4, 0.5) is 5.69 Å². The van der Waals surface area contributed by atoms with Crippen molar-refractivity contribution in [2.45, 2.75) is 17.4 Å². The summed E-state index contributed by atoms with van der Waals surface area (Å²) in [7, 11) is -3.86. The molecule has 3 rings (SSSR count). The summed E-state index contributed by atoms with van der Waals surface area (Å²) in [6, 6.07) is 11.1. The van der Waals surface area contributed by atoms with Crippen molar-refractivity contribution < 1.29 is 31.2 Å². The monoisotopic (exact) mass is 495 g/mol. The molecular weight excluding hydrogens is 470 g/mol. The maximum Gasteiger partial charge on any atom is 0.259 e. The molecule has 178 valence electrons. The third kappa shape index (κ3) is 6.76. The molecule has 10 nitrogen and oxygen atoms in total. The third-order valence-corrected chi connectivity index (χ3v) is 8.26. The molecule has 2 aromatic rings. The highest BCUT2D eigenvalue weighted by Gasteiger charge is 2.31. The quantitative estimate of drug-likeness (QED) is 0.554. The van der Waals surface area contributed by atoms with Gasteiger partial charge in [0.25, 0.3) is 11.8 Å². The van der Waals surface area contributed by atoms with Gasteiger partial charge in [0.15, 0.2) is 16.4 Å². The number of nitrogens with one attached hydrogen (secondary N) is 2. The Bertz CT molecular complexity index is 1220.